The minimum absolute atomic E-state index is 0.0236. The van der Waals surface area contributed by atoms with E-state index in [1.54, 1.807) is 10.9 Å². The van der Waals surface area contributed by atoms with Crippen LogP contribution < -0.4 is 5.73 Å². The van der Waals surface area contributed by atoms with Crippen molar-refractivity contribution < 1.29 is 17.7 Å². The molecule has 2 saturated heterocycles. The van der Waals surface area contributed by atoms with E-state index in [2.05, 4.69) is 76.4 Å². The Labute approximate surface area is 219 Å². The highest BCUT2D eigenvalue weighted by Crippen LogP contribution is 2.49. The van der Waals surface area contributed by atoms with E-state index in [9.17, 15) is 5.26 Å². The second-order valence-corrected chi connectivity index (χ2v) is 20.2. The molecule has 2 aliphatic heterocycles. The van der Waals surface area contributed by atoms with Gasteiger partial charge >= 0.3 is 17.1 Å². The van der Waals surface area contributed by atoms with E-state index in [0.717, 1.165) is 0 Å². The largest absolute Gasteiger partial charge is 0.414 e. The molecule has 2 aromatic heterocycles. The van der Waals surface area contributed by atoms with Crippen molar-refractivity contribution >= 4 is 45.8 Å². The van der Waals surface area contributed by atoms with Gasteiger partial charge in [0.2, 0.25) is 5.95 Å². The fourth-order valence-electron chi connectivity index (χ4n) is 5.62. The molecule has 0 saturated carbocycles. The second-order valence-electron chi connectivity index (χ2n) is 11.0. The summed E-state index contributed by atoms with van der Waals surface area (Å²) in [6.45, 7) is 17.6. The molecule has 36 heavy (non-hydrogen) atoms. The molecule has 2 aromatic rings. The first-order chi connectivity index (χ1) is 16.9. The van der Waals surface area contributed by atoms with Crippen LogP contribution in [0.1, 0.15) is 61.6 Å². The first kappa shape index (κ1) is 27.4. The van der Waals surface area contributed by atoms with Crippen molar-refractivity contribution in [2.75, 3.05) is 12.3 Å². The van der Waals surface area contributed by atoms with Crippen LogP contribution in [-0.2, 0) is 17.7 Å². The van der Waals surface area contributed by atoms with Crippen LogP contribution in [0, 0.1) is 17.2 Å². The molecule has 2 aliphatic rings. The quantitative estimate of drug-likeness (QED) is 0.399. The van der Waals surface area contributed by atoms with Gasteiger partial charge in [-0.25, -0.2) is 4.98 Å². The molecule has 0 aliphatic carbocycles. The number of rotatable bonds is 5. The molecule has 4 rings (SSSR count). The molecule has 2 fully saturated rings. The van der Waals surface area contributed by atoms with Crippen LogP contribution >= 0.6 is 11.6 Å². The number of nitrogen functional groups attached to an aromatic ring is 1. The highest BCUT2D eigenvalue weighted by molar-refractivity contribution is 6.84. The summed E-state index contributed by atoms with van der Waals surface area (Å²) in [5, 5.41) is 10.5. The van der Waals surface area contributed by atoms with Gasteiger partial charge in [-0.15, -0.1) is 0 Å². The molecular formula is C23H37ClN6O4Si2. The number of hydrogen-bond donors (Lipinski definition) is 1. The van der Waals surface area contributed by atoms with Crippen molar-refractivity contribution in [2.24, 2.45) is 5.92 Å². The Balaban J connectivity index is 1.82. The van der Waals surface area contributed by atoms with Gasteiger partial charge in [0.25, 0.3) is 0 Å². The smallest absolute Gasteiger partial charge is 0.335 e. The molecular weight excluding hydrogens is 516 g/mol. The van der Waals surface area contributed by atoms with Gasteiger partial charge in [0.15, 0.2) is 17.0 Å². The van der Waals surface area contributed by atoms with E-state index in [4.69, 9.17) is 35.0 Å². The van der Waals surface area contributed by atoms with Gasteiger partial charge in [0.05, 0.1) is 25.1 Å². The predicted octanol–water partition coefficient (Wildman–Crippen LogP) is 5.06. The molecule has 0 aromatic carbocycles. The first-order valence-electron chi connectivity index (χ1n) is 12.6. The van der Waals surface area contributed by atoms with E-state index in [-0.39, 0.29) is 39.9 Å². The summed E-state index contributed by atoms with van der Waals surface area (Å²) >= 11 is 6.25. The number of fused-ring (bicyclic) bond motifs is 2. The molecule has 0 radical (unpaired) electrons. The van der Waals surface area contributed by atoms with Crippen molar-refractivity contribution in [3.05, 3.63) is 11.5 Å². The van der Waals surface area contributed by atoms with Crippen LogP contribution in [0.4, 0.5) is 5.95 Å². The summed E-state index contributed by atoms with van der Waals surface area (Å²) in [7, 11) is -5.62. The Morgan fingerprint density at radius 1 is 1.06 bits per heavy atom. The van der Waals surface area contributed by atoms with Gasteiger partial charge in [-0.1, -0.05) is 67.0 Å². The van der Waals surface area contributed by atoms with E-state index in [0.29, 0.717) is 11.2 Å². The van der Waals surface area contributed by atoms with Crippen LogP contribution in [0.15, 0.2) is 6.33 Å². The lowest BCUT2D eigenvalue weighted by atomic mass is 10.0. The van der Waals surface area contributed by atoms with Crippen LogP contribution in [0.3, 0.4) is 0 Å². The van der Waals surface area contributed by atoms with Gasteiger partial charge in [-0.3, -0.25) is 4.57 Å². The zero-order valence-electron chi connectivity index (χ0n) is 22.2. The molecule has 198 valence electrons. The highest BCUT2D eigenvalue weighted by Gasteiger charge is 2.62. The Hall–Kier alpha value is -1.60. The van der Waals surface area contributed by atoms with Crippen molar-refractivity contribution in [1.29, 1.82) is 5.26 Å². The third-order valence-electron chi connectivity index (χ3n) is 7.49. The Morgan fingerprint density at radius 3 is 2.22 bits per heavy atom. The molecule has 4 atom stereocenters. The number of nitriles is 1. The Bertz CT molecular complexity index is 1140. The third kappa shape index (κ3) is 4.28. The van der Waals surface area contributed by atoms with Crippen molar-refractivity contribution in [3.63, 3.8) is 0 Å². The normalized spacial score (nSPS) is 28.0. The lowest BCUT2D eigenvalue weighted by molar-refractivity contribution is -0.0547. The maximum absolute atomic E-state index is 10.4. The standard InChI is InChI=1S/C23H37ClN6O4Si2/c1-12(2)35(13(3)4)31-10-17-19(33-36(34-35,14(5)6)15(7)8)16(9-25)22(32-17)30-11-27-18-20(24)28-23(26)29-21(18)30/h11-17,19,22H,10H2,1-8H3,(H2,26,28,29)/t16-,17+,19-,22+/m0/s1. The van der Waals surface area contributed by atoms with Gasteiger partial charge in [0.1, 0.15) is 17.5 Å². The van der Waals surface area contributed by atoms with Crippen LogP contribution in [0.5, 0.6) is 0 Å². The Kier molecular flexibility index (Phi) is 7.58. The first-order valence-corrected chi connectivity index (χ1v) is 16.9. The van der Waals surface area contributed by atoms with E-state index in [1.165, 1.54) is 0 Å². The maximum atomic E-state index is 10.4. The highest BCUT2D eigenvalue weighted by atomic mass is 35.5. The fourth-order valence-corrected chi connectivity index (χ4v) is 17.1. The molecule has 0 bridgehead atoms. The molecule has 4 heterocycles. The Morgan fingerprint density at radius 2 is 1.67 bits per heavy atom. The number of nitrogens with zero attached hydrogens (tertiary/aromatic N) is 5. The number of anilines is 1. The van der Waals surface area contributed by atoms with Crippen molar-refractivity contribution in [3.8, 4) is 6.07 Å². The van der Waals surface area contributed by atoms with Gasteiger partial charge in [-0.2, -0.15) is 15.2 Å². The number of nitrogens with two attached hydrogens (primary N) is 1. The number of ether oxygens (including phenoxy) is 1. The van der Waals surface area contributed by atoms with Crippen molar-refractivity contribution in [1.82, 2.24) is 19.5 Å². The van der Waals surface area contributed by atoms with Crippen LogP contribution in [0.2, 0.25) is 27.3 Å². The minimum Gasteiger partial charge on any atom is -0.414 e. The van der Waals surface area contributed by atoms with Crippen LogP contribution in [0.25, 0.3) is 11.2 Å². The topological polar surface area (TPSA) is 130 Å². The summed E-state index contributed by atoms with van der Waals surface area (Å²) in [6, 6.07) is 2.44. The average molecular weight is 553 g/mol. The van der Waals surface area contributed by atoms with E-state index >= 15 is 0 Å². The molecule has 0 amide bonds. The lowest BCUT2D eigenvalue weighted by Crippen LogP contribution is -2.65. The van der Waals surface area contributed by atoms with Crippen molar-refractivity contribution in [2.45, 2.75) is 96.0 Å². The SMILES string of the molecule is CC(C)[Si]1(C(C)C)OC[C@H]2O[C@@H](n3cnc4c(Cl)nc(N)nc43)[C@@H](C#N)[C@@H]2O[Si](C(C)C)(C(C)C)O1. The third-order valence-corrected chi connectivity index (χ3v) is 18.0. The van der Waals surface area contributed by atoms with Crippen LogP contribution in [-0.4, -0.2) is 55.5 Å². The number of halogens is 1. The average Bonchev–Trinajstić information content (AvgIpc) is 3.33. The molecule has 13 heteroatoms. The fraction of sp³-hybridized carbons (Fsp3) is 0.739. The van der Waals surface area contributed by atoms with Gasteiger partial charge in [0, 0.05) is 0 Å². The van der Waals surface area contributed by atoms with E-state index in [1.807, 2.05) is 0 Å². The zero-order valence-corrected chi connectivity index (χ0v) is 25.0. The van der Waals surface area contributed by atoms with Gasteiger partial charge in [-0.05, 0) is 22.2 Å². The summed E-state index contributed by atoms with van der Waals surface area (Å²) in [5.74, 6) is -0.623. The molecule has 0 spiro atoms. The summed E-state index contributed by atoms with van der Waals surface area (Å²) < 4.78 is 29.3. The van der Waals surface area contributed by atoms with Gasteiger partial charge < -0.3 is 23.4 Å². The number of imidazole rings is 1. The summed E-state index contributed by atoms with van der Waals surface area (Å²) in [5.41, 5.74) is 7.38. The monoisotopic (exact) mass is 552 g/mol. The molecule has 10 nitrogen and oxygen atoms in total. The lowest BCUT2D eigenvalue weighted by Gasteiger charge is -2.51. The maximum Gasteiger partial charge on any atom is 0.335 e. The van der Waals surface area contributed by atoms with E-state index < -0.39 is 41.5 Å². The molecule has 0 unspecified atom stereocenters. The summed E-state index contributed by atoms with van der Waals surface area (Å²) in [6.07, 6.45) is -0.131. The minimum atomic E-state index is -2.90. The number of aromatic nitrogens is 4. The molecule has 2 N–H and O–H groups in total. The zero-order chi connectivity index (χ0) is 26.6. The number of hydrogen-bond acceptors (Lipinski definition) is 9. The summed E-state index contributed by atoms with van der Waals surface area (Å²) in [4.78, 5) is 12.7. The predicted molar refractivity (Wildman–Crippen MR) is 142 cm³/mol. The second kappa shape index (κ2) is 9.94.